The van der Waals surface area contributed by atoms with Gasteiger partial charge in [0.05, 0.1) is 0 Å². The van der Waals surface area contributed by atoms with Gasteiger partial charge < -0.3 is 20.4 Å². The molecule has 0 spiro atoms. The molecule has 2 amide bonds. The maximum Gasteiger partial charge on any atom is 0.326 e. The number of nitrogens with one attached hydrogen (secondary N) is 1. The van der Waals surface area contributed by atoms with Crippen molar-refractivity contribution in [3.63, 3.8) is 0 Å². The second kappa shape index (κ2) is 7.22. The van der Waals surface area contributed by atoms with Crippen LogP contribution in [0, 0.1) is 0 Å². The van der Waals surface area contributed by atoms with Gasteiger partial charge in [0.25, 0.3) is 5.24 Å². The molecule has 1 aliphatic heterocycles. The van der Waals surface area contributed by atoms with Gasteiger partial charge in [-0.15, -0.1) is 0 Å². The van der Waals surface area contributed by atoms with Crippen molar-refractivity contribution in [2.75, 3.05) is 25.4 Å². The molecule has 1 aliphatic rings. The van der Waals surface area contributed by atoms with Crippen molar-refractivity contribution in [1.82, 2.24) is 10.2 Å². The number of carboxylic acid groups (broad SMARTS) is 1. The molecule has 1 heterocycles. The number of thioether (sulfide) groups is 1. The predicted molar refractivity (Wildman–Crippen MR) is 65.3 cm³/mol. The van der Waals surface area contributed by atoms with E-state index in [1.165, 1.54) is 11.8 Å². The van der Waals surface area contributed by atoms with E-state index in [0.29, 0.717) is 13.1 Å². The van der Waals surface area contributed by atoms with E-state index in [9.17, 15) is 14.4 Å². The van der Waals surface area contributed by atoms with Crippen LogP contribution >= 0.6 is 11.8 Å². The first-order valence-electron chi connectivity index (χ1n) is 5.59. The quantitative estimate of drug-likeness (QED) is 0.578. The molecule has 3 N–H and O–H groups in total. The van der Waals surface area contributed by atoms with Gasteiger partial charge in [0.2, 0.25) is 5.91 Å². The van der Waals surface area contributed by atoms with E-state index >= 15 is 0 Å². The number of rotatable bonds is 7. The summed E-state index contributed by atoms with van der Waals surface area (Å²) < 4.78 is 0. The van der Waals surface area contributed by atoms with Gasteiger partial charge in [-0.1, -0.05) is 11.8 Å². The van der Waals surface area contributed by atoms with Crippen molar-refractivity contribution in [2.24, 2.45) is 0 Å². The lowest BCUT2D eigenvalue weighted by Crippen LogP contribution is -2.42. The van der Waals surface area contributed by atoms with Crippen LogP contribution in [-0.2, 0) is 9.59 Å². The Morgan fingerprint density at radius 1 is 1.50 bits per heavy atom. The van der Waals surface area contributed by atoms with E-state index in [-0.39, 0.29) is 24.7 Å². The summed E-state index contributed by atoms with van der Waals surface area (Å²) in [4.78, 5) is 35.1. The van der Waals surface area contributed by atoms with Crippen LogP contribution in [0.15, 0.2) is 0 Å². The Morgan fingerprint density at radius 2 is 2.22 bits per heavy atom. The minimum Gasteiger partial charge on any atom is -0.480 e. The highest BCUT2D eigenvalue weighted by molar-refractivity contribution is 8.13. The average Bonchev–Trinajstić information content (AvgIpc) is 2.71. The van der Waals surface area contributed by atoms with Gasteiger partial charge in [-0.2, -0.15) is 0 Å². The van der Waals surface area contributed by atoms with E-state index in [0.717, 1.165) is 5.75 Å². The predicted octanol–water partition coefficient (Wildman–Crippen LogP) is -0.503. The van der Waals surface area contributed by atoms with Crippen LogP contribution in [0.4, 0.5) is 4.79 Å². The number of aliphatic hydroxyl groups is 1. The molecular formula is C10H16N2O5S. The van der Waals surface area contributed by atoms with E-state index < -0.39 is 17.9 Å². The molecule has 1 saturated heterocycles. The zero-order valence-corrected chi connectivity index (χ0v) is 10.6. The highest BCUT2D eigenvalue weighted by Gasteiger charge is 2.23. The fourth-order valence-electron chi connectivity index (χ4n) is 1.52. The highest BCUT2D eigenvalue weighted by atomic mass is 32.2. The molecule has 0 aromatic carbocycles. The number of hydrogen-bond acceptors (Lipinski definition) is 5. The zero-order valence-electron chi connectivity index (χ0n) is 9.79. The van der Waals surface area contributed by atoms with Gasteiger partial charge in [0, 0.05) is 38.3 Å². The van der Waals surface area contributed by atoms with Gasteiger partial charge in [0.15, 0.2) is 0 Å². The summed E-state index contributed by atoms with van der Waals surface area (Å²) in [6.07, 6.45) is 0.0427. The van der Waals surface area contributed by atoms with Crippen molar-refractivity contribution < 1.29 is 24.6 Å². The van der Waals surface area contributed by atoms with Crippen LogP contribution in [0.1, 0.15) is 12.8 Å². The first kappa shape index (κ1) is 14.8. The average molecular weight is 276 g/mol. The maximum absolute atomic E-state index is 11.5. The topological polar surface area (TPSA) is 107 Å². The fraction of sp³-hybridized carbons (Fsp3) is 0.700. The number of hydrogen-bond donors (Lipinski definition) is 3. The van der Waals surface area contributed by atoms with E-state index in [1.807, 2.05) is 0 Å². The second-order valence-electron chi connectivity index (χ2n) is 3.82. The number of aliphatic carboxylic acids is 1. The molecule has 0 aromatic heterocycles. The SMILES string of the molecule is O=C(CCN1CCSC1=O)NC(CCO)C(=O)O. The first-order valence-corrected chi connectivity index (χ1v) is 6.58. The van der Waals surface area contributed by atoms with Crippen molar-refractivity contribution in [3.8, 4) is 0 Å². The molecular weight excluding hydrogens is 260 g/mol. The Morgan fingerprint density at radius 3 is 2.72 bits per heavy atom. The molecule has 1 unspecified atom stereocenters. The number of nitrogens with zero attached hydrogens (tertiary/aromatic N) is 1. The summed E-state index contributed by atoms with van der Waals surface area (Å²) in [5.74, 6) is -0.881. The first-order chi connectivity index (χ1) is 8.54. The molecule has 8 heteroatoms. The lowest BCUT2D eigenvalue weighted by molar-refractivity contribution is -0.142. The Balaban J connectivity index is 2.31. The van der Waals surface area contributed by atoms with Crippen LogP contribution < -0.4 is 5.32 Å². The van der Waals surface area contributed by atoms with Gasteiger partial charge >= 0.3 is 5.97 Å². The van der Waals surface area contributed by atoms with Crippen LogP contribution in [-0.4, -0.2) is 63.7 Å². The Labute approximate surface area is 109 Å². The monoisotopic (exact) mass is 276 g/mol. The van der Waals surface area contributed by atoms with Crippen molar-refractivity contribution in [1.29, 1.82) is 0 Å². The molecule has 0 aliphatic carbocycles. The van der Waals surface area contributed by atoms with Crippen LogP contribution in [0.2, 0.25) is 0 Å². The Kier molecular flexibility index (Phi) is 5.93. The molecule has 1 fully saturated rings. The lowest BCUT2D eigenvalue weighted by atomic mass is 10.2. The van der Waals surface area contributed by atoms with E-state index in [1.54, 1.807) is 4.90 Å². The van der Waals surface area contributed by atoms with Gasteiger partial charge in [-0.05, 0) is 0 Å². The third-order valence-corrected chi connectivity index (χ3v) is 3.40. The normalized spacial score (nSPS) is 16.7. The molecule has 7 nitrogen and oxygen atoms in total. The number of carbonyl (C=O) groups excluding carboxylic acids is 2. The molecule has 0 radical (unpaired) electrons. The third-order valence-electron chi connectivity index (χ3n) is 2.50. The summed E-state index contributed by atoms with van der Waals surface area (Å²) in [6.45, 7) is 0.609. The fourth-order valence-corrected chi connectivity index (χ4v) is 2.37. The lowest BCUT2D eigenvalue weighted by Gasteiger charge is -2.16. The second-order valence-corrected chi connectivity index (χ2v) is 4.87. The standard InChI is InChI=1S/C10H16N2O5S/c13-5-2-7(9(15)16)11-8(14)1-3-12-4-6-18-10(12)17/h7,13H,1-6H2,(H,11,14)(H,15,16). The zero-order chi connectivity index (χ0) is 13.5. The highest BCUT2D eigenvalue weighted by Crippen LogP contribution is 2.16. The summed E-state index contributed by atoms with van der Waals surface area (Å²) in [5, 5.41) is 19.7. The number of aliphatic hydroxyl groups excluding tert-OH is 1. The molecule has 1 rings (SSSR count). The summed E-state index contributed by atoms with van der Waals surface area (Å²) in [6, 6.07) is -1.08. The van der Waals surface area contributed by atoms with Crippen molar-refractivity contribution in [2.45, 2.75) is 18.9 Å². The number of carboxylic acids is 1. The molecule has 1 atom stereocenters. The summed E-state index contributed by atoms with van der Waals surface area (Å²) in [5.41, 5.74) is 0. The third kappa shape index (κ3) is 4.53. The Hall–Kier alpha value is -1.28. The van der Waals surface area contributed by atoms with Crippen LogP contribution in [0.5, 0.6) is 0 Å². The van der Waals surface area contributed by atoms with Crippen LogP contribution in [0.3, 0.4) is 0 Å². The molecule has 0 saturated carbocycles. The molecule has 0 bridgehead atoms. The van der Waals surface area contributed by atoms with Gasteiger partial charge in [-0.25, -0.2) is 4.79 Å². The van der Waals surface area contributed by atoms with Gasteiger partial charge in [-0.3, -0.25) is 9.59 Å². The van der Waals surface area contributed by atoms with E-state index in [2.05, 4.69) is 5.32 Å². The number of amides is 2. The van der Waals surface area contributed by atoms with Crippen molar-refractivity contribution in [3.05, 3.63) is 0 Å². The Bertz CT molecular complexity index is 336. The molecule has 102 valence electrons. The summed E-state index contributed by atoms with van der Waals surface area (Å²) in [7, 11) is 0. The molecule has 0 aromatic rings. The number of carbonyl (C=O) groups is 3. The maximum atomic E-state index is 11.5. The van der Waals surface area contributed by atoms with E-state index in [4.69, 9.17) is 10.2 Å². The van der Waals surface area contributed by atoms with Crippen molar-refractivity contribution >= 4 is 28.9 Å². The minimum atomic E-state index is -1.18. The largest absolute Gasteiger partial charge is 0.480 e. The minimum absolute atomic E-state index is 0.0282. The smallest absolute Gasteiger partial charge is 0.326 e. The van der Waals surface area contributed by atoms with Gasteiger partial charge in [0.1, 0.15) is 6.04 Å². The summed E-state index contributed by atoms with van der Waals surface area (Å²) >= 11 is 1.21. The van der Waals surface area contributed by atoms with Crippen LogP contribution in [0.25, 0.3) is 0 Å². The molecule has 18 heavy (non-hydrogen) atoms.